The second-order valence-corrected chi connectivity index (χ2v) is 3.15. The summed E-state index contributed by atoms with van der Waals surface area (Å²) >= 11 is 0. The highest BCUT2D eigenvalue weighted by molar-refractivity contribution is 5.87. The summed E-state index contributed by atoms with van der Waals surface area (Å²) in [6, 6.07) is 6.82. The quantitative estimate of drug-likeness (QED) is 0.752. The zero-order chi connectivity index (χ0) is 9.84. The minimum Gasteiger partial charge on any atom is -0.478 e. The Morgan fingerprint density at radius 1 is 1.23 bits per heavy atom. The second-order valence-electron chi connectivity index (χ2n) is 3.15. The van der Waals surface area contributed by atoms with Crippen LogP contribution in [0.1, 0.15) is 29.8 Å². The highest BCUT2D eigenvalue weighted by Gasteiger charge is 1.99. The van der Waals surface area contributed by atoms with Gasteiger partial charge in [-0.3, -0.25) is 0 Å². The van der Waals surface area contributed by atoms with Gasteiger partial charge in [-0.1, -0.05) is 23.8 Å². The molecule has 1 N–H and O–H groups in total. The molecule has 0 radical (unpaired) electrons. The first-order valence-corrected chi connectivity index (χ1v) is 4.08. The molecule has 0 heterocycles. The number of benzene rings is 1. The van der Waals surface area contributed by atoms with Gasteiger partial charge in [-0.25, -0.2) is 4.79 Å². The summed E-state index contributed by atoms with van der Waals surface area (Å²) < 4.78 is 0. The third-order valence-corrected chi connectivity index (χ3v) is 1.61. The van der Waals surface area contributed by atoms with E-state index < -0.39 is 5.97 Å². The molecule has 2 heteroatoms. The summed E-state index contributed by atoms with van der Waals surface area (Å²) in [5, 5.41) is 8.64. The number of carboxylic acid groups (broad SMARTS) is 1. The van der Waals surface area contributed by atoms with E-state index >= 15 is 0 Å². The molecule has 0 amide bonds. The van der Waals surface area contributed by atoms with Crippen molar-refractivity contribution in [3.63, 3.8) is 0 Å². The maximum Gasteiger partial charge on any atom is 0.335 e. The van der Waals surface area contributed by atoms with Crippen LogP contribution >= 0.6 is 0 Å². The molecule has 0 atom stereocenters. The van der Waals surface area contributed by atoms with E-state index in [4.69, 9.17) is 5.11 Å². The second kappa shape index (κ2) is 3.90. The maximum atomic E-state index is 10.5. The Kier molecular flexibility index (Phi) is 2.85. The molecular weight excluding hydrogens is 164 g/mol. The number of carboxylic acids is 1. The van der Waals surface area contributed by atoms with Crippen LogP contribution in [0.4, 0.5) is 0 Å². The normalized spacial score (nSPS) is 9.38. The summed E-state index contributed by atoms with van der Waals surface area (Å²) in [6.07, 6.45) is 2.01. The Morgan fingerprint density at radius 2 is 1.77 bits per heavy atom. The molecule has 1 rings (SSSR count). The number of carbonyl (C=O) groups is 1. The van der Waals surface area contributed by atoms with Gasteiger partial charge in [-0.2, -0.15) is 0 Å². The average Bonchev–Trinajstić information content (AvgIpc) is 2.04. The monoisotopic (exact) mass is 176 g/mol. The summed E-state index contributed by atoms with van der Waals surface area (Å²) in [5.74, 6) is -0.885. The van der Waals surface area contributed by atoms with Gasteiger partial charge < -0.3 is 5.11 Å². The fraction of sp³-hybridized carbons (Fsp3) is 0.182. The number of allylic oxidation sites excluding steroid dienone is 1. The lowest BCUT2D eigenvalue weighted by molar-refractivity contribution is 0.0697. The van der Waals surface area contributed by atoms with Crippen molar-refractivity contribution in [2.75, 3.05) is 0 Å². The fourth-order valence-electron chi connectivity index (χ4n) is 1.06. The number of rotatable bonds is 2. The van der Waals surface area contributed by atoms with Crippen LogP contribution in [-0.4, -0.2) is 11.1 Å². The summed E-state index contributed by atoms with van der Waals surface area (Å²) in [5.41, 5.74) is 2.55. The molecule has 68 valence electrons. The van der Waals surface area contributed by atoms with Crippen LogP contribution in [0.5, 0.6) is 0 Å². The maximum absolute atomic E-state index is 10.5. The number of hydrogen-bond acceptors (Lipinski definition) is 1. The Hall–Kier alpha value is -1.57. The molecule has 1 aromatic rings. The lowest BCUT2D eigenvalue weighted by atomic mass is 10.1. The first kappa shape index (κ1) is 9.52. The van der Waals surface area contributed by atoms with E-state index in [0.29, 0.717) is 5.56 Å². The van der Waals surface area contributed by atoms with E-state index in [1.807, 2.05) is 19.9 Å². The standard InChI is InChI=1S/C11H12O2/c1-8(2)7-9-3-5-10(6-4-9)11(12)13/h3-7H,1-2H3,(H,12,13). The zero-order valence-corrected chi connectivity index (χ0v) is 7.74. The number of hydrogen-bond donors (Lipinski definition) is 1. The molecular formula is C11H12O2. The van der Waals surface area contributed by atoms with Crippen molar-refractivity contribution in [3.8, 4) is 0 Å². The Balaban J connectivity index is 2.94. The van der Waals surface area contributed by atoms with Gasteiger partial charge in [0.15, 0.2) is 0 Å². The van der Waals surface area contributed by atoms with Gasteiger partial charge >= 0.3 is 5.97 Å². The molecule has 0 aliphatic heterocycles. The predicted octanol–water partition coefficient (Wildman–Crippen LogP) is 2.81. The van der Waals surface area contributed by atoms with Crippen molar-refractivity contribution < 1.29 is 9.90 Å². The van der Waals surface area contributed by atoms with Crippen molar-refractivity contribution in [2.45, 2.75) is 13.8 Å². The zero-order valence-electron chi connectivity index (χ0n) is 7.74. The van der Waals surface area contributed by atoms with Crippen molar-refractivity contribution in [3.05, 3.63) is 41.0 Å². The van der Waals surface area contributed by atoms with Gasteiger partial charge in [0.1, 0.15) is 0 Å². The molecule has 0 bridgehead atoms. The molecule has 13 heavy (non-hydrogen) atoms. The first-order chi connectivity index (χ1) is 6.09. The molecule has 0 aliphatic carbocycles. The molecule has 0 unspecified atom stereocenters. The van der Waals surface area contributed by atoms with Gasteiger partial charge in [-0.15, -0.1) is 0 Å². The summed E-state index contributed by atoms with van der Waals surface area (Å²) in [6.45, 7) is 4.01. The molecule has 0 fully saturated rings. The lowest BCUT2D eigenvalue weighted by Gasteiger charge is -1.96. The van der Waals surface area contributed by atoms with E-state index in [0.717, 1.165) is 5.56 Å². The first-order valence-electron chi connectivity index (χ1n) is 4.08. The highest BCUT2D eigenvalue weighted by atomic mass is 16.4. The molecule has 1 aromatic carbocycles. The van der Waals surface area contributed by atoms with Crippen molar-refractivity contribution in [1.29, 1.82) is 0 Å². The van der Waals surface area contributed by atoms with Crippen molar-refractivity contribution >= 4 is 12.0 Å². The summed E-state index contributed by atoms with van der Waals surface area (Å²) in [4.78, 5) is 10.5. The van der Waals surface area contributed by atoms with Crippen molar-refractivity contribution in [2.24, 2.45) is 0 Å². The largest absolute Gasteiger partial charge is 0.478 e. The van der Waals surface area contributed by atoms with Crippen LogP contribution < -0.4 is 0 Å². The molecule has 0 saturated heterocycles. The van der Waals surface area contributed by atoms with Crippen LogP contribution in [0.3, 0.4) is 0 Å². The van der Waals surface area contributed by atoms with Crippen LogP contribution in [0.2, 0.25) is 0 Å². The minimum absolute atomic E-state index is 0.325. The summed E-state index contributed by atoms with van der Waals surface area (Å²) in [7, 11) is 0. The fourth-order valence-corrected chi connectivity index (χ4v) is 1.06. The Bertz CT molecular complexity index is 330. The third kappa shape index (κ3) is 2.75. The van der Waals surface area contributed by atoms with Crippen LogP contribution in [-0.2, 0) is 0 Å². The molecule has 0 aliphatic rings. The SMILES string of the molecule is CC(C)=Cc1ccc(C(=O)O)cc1. The average molecular weight is 176 g/mol. The number of aromatic carboxylic acids is 1. The van der Waals surface area contributed by atoms with Crippen LogP contribution in [0, 0.1) is 0 Å². The highest BCUT2D eigenvalue weighted by Crippen LogP contribution is 2.08. The van der Waals surface area contributed by atoms with Crippen LogP contribution in [0.15, 0.2) is 29.8 Å². The van der Waals surface area contributed by atoms with Crippen LogP contribution in [0.25, 0.3) is 6.08 Å². The predicted molar refractivity (Wildman–Crippen MR) is 52.7 cm³/mol. The third-order valence-electron chi connectivity index (χ3n) is 1.61. The molecule has 0 spiro atoms. The molecule has 0 saturated carbocycles. The van der Waals surface area contributed by atoms with E-state index in [9.17, 15) is 4.79 Å². The topological polar surface area (TPSA) is 37.3 Å². The van der Waals surface area contributed by atoms with E-state index in [-0.39, 0.29) is 0 Å². The minimum atomic E-state index is -0.885. The van der Waals surface area contributed by atoms with E-state index in [1.54, 1.807) is 24.3 Å². The Morgan fingerprint density at radius 3 is 2.15 bits per heavy atom. The van der Waals surface area contributed by atoms with E-state index in [2.05, 4.69) is 0 Å². The van der Waals surface area contributed by atoms with Gasteiger partial charge in [0.2, 0.25) is 0 Å². The van der Waals surface area contributed by atoms with Gasteiger partial charge in [0.05, 0.1) is 5.56 Å². The Labute approximate surface area is 77.5 Å². The van der Waals surface area contributed by atoms with Crippen molar-refractivity contribution in [1.82, 2.24) is 0 Å². The smallest absolute Gasteiger partial charge is 0.335 e. The molecule has 0 aromatic heterocycles. The van der Waals surface area contributed by atoms with Gasteiger partial charge in [0.25, 0.3) is 0 Å². The van der Waals surface area contributed by atoms with Gasteiger partial charge in [0, 0.05) is 0 Å². The molecule has 2 nitrogen and oxygen atoms in total. The van der Waals surface area contributed by atoms with Gasteiger partial charge in [-0.05, 0) is 31.5 Å². The lowest BCUT2D eigenvalue weighted by Crippen LogP contribution is -1.94. The van der Waals surface area contributed by atoms with E-state index in [1.165, 1.54) is 5.57 Å².